The number of rotatable bonds is 5. The Morgan fingerprint density at radius 3 is 2.58 bits per heavy atom. The van der Waals surface area contributed by atoms with Crippen LogP contribution < -0.4 is 15.8 Å². The number of nitrogens with zero attached hydrogens (tertiary/aromatic N) is 1. The third kappa shape index (κ3) is 4.29. The first-order chi connectivity index (χ1) is 12.5. The predicted octanol–water partition coefficient (Wildman–Crippen LogP) is 4.18. The fourth-order valence-corrected chi connectivity index (χ4v) is 2.41. The van der Waals surface area contributed by atoms with Gasteiger partial charge in [-0.2, -0.15) is 0 Å². The van der Waals surface area contributed by atoms with Crippen molar-refractivity contribution in [2.45, 2.75) is 6.54 Å². The SMILES string of the molecule is Nc1ncccc1C(=O)NCc1ccc(Oc2ccc(F)c(Cl)c2)cc1. The van der Waals surface area contributed by atoms with Crippen LogP contribution in [-0.2, 0) is 6.54 Å². The molecule has 0 saturated heterocycles. The molecule has 1 aromatic heterocycles. The molecule has 5 nitrogen and oxygen atoms in total. The van der Waals surface area contributed by atoms with E-state index >= 15 is 0 Å². The summed E-state index contributed by atoms with van der Waals surface area (Å²) < 4.78 is 18.8. The number of nitrogen functional groups attached to an aromatic ring is 1. The van der Waals surface area contributed by atoms with Crippen LogP contribution in [0.5, 0.6) is 11.5 Å². The van der Waals surface area contributed by atoms with Crippen molar-refractivity contribution in [2.24, 2.45) is 0 Å². The van der Waals surface area contributed by atoms with Gasteiger partial charge in [0.15, 0.2) is 0 Å². The largest absolute Gasteiger partial charge is 0.457 e. The maximum absolute atomic E-state index is 13.2. The number of amides is 1. The lowest BCUT2D eigenvalue weighted by atomic mass is 10.2. The normalized spacial score (nSPS) is 10.4. The minimum Gasteiger partial charge on any atom is -0.457 e. The van der Waals surface area contributed by atoms with Crippen molar-refractivity contribution in [2.75, 3.05) is 5.73 Å². The van der Waals surface area contributed by atoms with Crippen LogP contribution in [-0.4, -0.2) is 10.9 Å². The zero-order valence-electron chi connectivity index (χ0n) is 13.6. The summed E-state index contributed by atoms with van der Waals surface area (Å²) >= 11 is 5.73. The summed E-state index contributed by atoms with van der Waals surface area (Å²) in [7, 11) is 0. The number of hydrogen-bond donors (Lipinski definition) is 2. The third-order valence-corrected chi connectivity index (χ3v) is 3.88. The second kappa shape index (κ2) is 7.84. The molecule has 1 heterocycles. The van der Waals surface area contributed by atoms with E-state index in [9.17, 15) is 9.18 Å². The van der Waals surface area contributed by atoms with E-state index in [0.717, 1.165) is 5.56 Å². The molecule has 2 aromatic carbocycles. The first-order valence-corrected chi connectivity index (χ1v) is 8.11. The van der Waals surface area contributed by atoms with Crippen LogP contribution in [0.15, 0.2) is 60.8 Å². The van der Waals surface area contributed by atoms with Crippen LogP contribution in [0.1, 0.15) is 15.9 Å². The van der Waals surface area contributed by atoms with Gasteiger partial charge in [-0.05, 0) is 42.0 Å². The summed E-state index contributed by atoms with van der Waals surface area (Å²) in [5, 5.41) is 2.78. The lowest BCUT2D eigenvalue weighted by Gasteiger charge is -2.09. The first kappa shape index (κ1) is 17.7. The number of halogens is 2. The molecule has 1 amide bonds. The van der Waals surface area contributed by atoms with Gasteiger partial charge in [-0.3, -0.25) is 4.79 Å². The molecule has 3 N–H and O–H groups in total. The molecule has 0 spiro atoms. The van der Waals surface area contributed by atoms with E-state index in [2.05, 4.69) is 10.3 Å². The fraction of sp³-hybridized carbons (Fsp3) is 0.0526. The highest BCUT2D eigenvalue weighted by Crippen LogP contribution is 2.26. The predicted molar refractivity (Wildman–Crippen MR) is 97.7 cm³/mol. The Kier molecular flexibility index (Phi) is 5.34. The number of carbonyl (C=O) groups is 1. The molecule has 0 aliphatic carbocycles. The molecule has 0 aliphatic rings. The zero-order chi connectivity index (χ0) is 18.5. The molecule has 0 fully saturated rings. The average Bonchev–Trinajstić information content (AvgIpc) is 2.64. The van der Waals surface area contributed by atoms with Crippen molar-refractivity contribution in [3.8, 4) is 11.5 Å². The third-order valence-electron chi connectivity index (χ3n) is 3.59. The van der Waals surface area contributed by atoms with Crippen molar-refractivity contribution >= 4 is 23.3 Å². The van der Waals surface area contributed by atoms with Crippen molar-refractivity contribution in [1.29, 1.82) is 0 Å². The molecule has 0 saturated carbocycles. The van der Waals surface area contributed by atoms with E-state index < -0.39 is 5.82 Å². The summed E-state index contributed by atoms with van der Waals surface area (Å²) in [6.07, 6.45) is 1.53. The van der Waals surface area contributed by atoms with E-state index in [0.29, 0.717) is 23.6 Å². The standard InChI is InChI=1S/C19H15ClFN3O2/c20-16-10-14(7-8-17(16)21)26-13-5-3-12(4-6-13)11-24-19(25)15-2-1-9-23-18(15)22/h1-10H,11H2,(H2,22,23)(H,24,25). The van der Waals surface area contributed by atoms with Gasteiger partial charge < -0.3 is 15.8 Å². The van der Waals surface area contributed by atoms with Crippen LogP contribution >= 0.6 is 11.6 Å². The Labute approximate surface area is 154 Å². The number of benzene rings is 2. The maximum atomic E-state index is 13.2. The number of nitrogens with one attached hydrogen (secondary N) is 1. The number of anilines is 1. The minimum atomic E-state index is -0.501. The minimum absolute atomic E-state index is 0.00323. The number of carbonyl (C=O) groups excluding carboxylic acids is 1. The highest BCUT2D eigenvalue weighted by molar-refractivity contribution is 6.30. The molecule has 0 bridgehead atoms. The number of nitrogens with two attached hydrogens (primary N) is 1. The van der Waals surface area contributed by atoms with Crippen molar-refractivity contribution < 1.29 is 13.9 Å². The molecular formula is C19H15ClFN3O2. The second-order valence-corrected chi connectivity index (χ2v) is 5.85. The van der Waals surface area contributed by atoms with Gasteiger partial charge in [0, 0.05) is 18.8 Å². The van der Waals surface area contributed by atoms with Gasteiger partial charge in [-0.1, -0.05) is 23.7 Å². The summed E-state index contributed by atoms with van der Waals surface area (Å²) in [6.45, 7) is 0.329. The summed E-state index contributed by atoms with van der Waals surface area (Å²) in [6, 6.07) is 14.5. The summed E-state index contributed by atoms with van der Waals surface area (Å²) in [4.78, 5) is 16.0. The highest BCUT2D eigenvalue weighted by atomic mass is 35.5. The van der Waals surface area contributed by atoms with Crippen molar-refractivity contribution in [3.05, 3.63) is 82.8 Å². The Morgan fingerprint density at radius 1 is 1.15 bits per heavy atom. The van der Waals surface area contributed by atoms with Gasteiger partial charge in [0.05, 0.1) is 10.6 Å². The summed E-state index contributed by atoms with van der Waals surface area (Å²) in [5.41, 5.74) is 6.90. The van der Waals surface area contributed by atoms with E-state index in [1.807, 2.05) is 12.1 Å². The van der Waals surface area contributed by atoms with Gasteiger partial charge in [-0.25, -0.2) is 9.37 Å². The molecular weight excluding hydrogens is 357 g/mol. The fourth-order valence-electron chi connectivity index (χ4n) is 2.24. The van der Waals surface area contributed by atoms with E-state index in [-0.39, 0.29) is 16.7 Å². The van der Waals surface area contributed by atoms with E-state index in [1.165, 1.54) is 24.4 Å². The van der Waals surface area contributed by atoms with Gasteiger partial charge in [-0.15, -0.1) is 0 Å². The lowest BCUT2D eigenvalue weighted by Crippen LogP contribution is -2.24. The van der Waals surface area contributed by atoms with Crippen LogP contribution in [0.25, 0.3) is 0 Å². The van der Waals surface area contributed by atoms with Crippen molar-refractivity contribution in [1.82, 2.24) is 10.3 Å². The maximum Gasteiger partial charge on any atom is 0.255 e. The molecule has 0 aliphatic heterocycles. The number of hydrogen-bond acceptors (Lipinski definition) is 4. The quantitative estimate of drug-likeness (QED) is 0.705. The van der Waals surface area contributed by atoms with Crippen LogP contribution in [0.4, 0.5) is 10.2 Å². The lowest BCUT2D eigenvalue weighted by molar-refractivity contribution is 0.0951. The van der Waals surface area contributed by atoms with Crippen LogP contribution in [0.3, 0.4) is 0 Å². The van der Waals surface area contributed by atoms with E-state index in [4.69, 9.17) is 22.1 Å². The second-order valence-electron chi connectivity index (χ2n) is 5.44. The Hall–Kier alpha value is -3.12. The van der Waals surface area contributed by atoms with Crippen molar-refractivity contribution in [3.63, 3.8) is 0 Å². The van der Waals surface area contributed by atoms with Gasteiger partial charge >= 0.3 is 0 Å². The monoisotopic (exact) mass is 371 g/mol. The van der Waals surface area contributed by atoms with Crippen LogP contribution in [0, 0.1) is 5.82 Å². The molecule has 132 valence electrons. The Bertz CT molecular complexity index is 932. The summed E-state index contributed by atoms with van der Waals surface area (Å²) in [5.74, 6) is 0.395. The molecule has 0 unspecified atom stereocenters. The molecule has 0 atom stereocenters. The smallest absolute Gasteiger partial charge is 0.255 e. The average molecular weight is 372 g/mol. The number of pyridine rings is 1. The molecule has 3 aromatic rings. The van der Waals surface area contributed by atoms with E-state index in [1.54, 1.807) is 24.3 Å². The highest BCUT2D eigenvalue weighted by Gasteiger charge is 2.09. The Morgan fingerprint density at radius 2 is 1.88 bits per heavy atom. The molecule has 3 rings (SSSR count). The Balaban J connectivity index is 1.60. The van der Waals surface area contributed by atoms with Crippen LogP contribution in [0.2, 0.25) is 5.02 Å². The first-order valence-electron chi connectivity index (χ1n) is 7.73. The molecule has 0 radical (unpaired) electrons. The topological polar surface area (TPSA) is 77.2 Å². The van der Waals surface area contributed by atoms with Gasteiger partial charge in [0.1, 0.15) is 23.1 Å². The number of ether oxygens (including phenoxy) is 1. The van der Waals surface area contributed by atoms with Gasteiger partial charge in [0.2, 0.25) is 0 Å². The number of aromatic nitrogens is 1. The molecule has 7 heteroatoms. The molecule has 26 heavy (non-hydrogen) atoms. The van der Waals surface area contributed by atoms with Gasteiger partial charge in [0.25, 0.3) is 5.91 Å². The zero-order valence-corrected chi connectivity index (χ0v) is 14.3.